The fourth-order valence-corrected chi connectivity index (χ4v) is 2.01. The Hall–Kier alpha value is -0.470. The summed E-state index contributed by atoms with van der Waals surface area (Å²) in [7, 11) is -4.38. The first-order valence-corrected chi connectivity index (χ1v) is 6.84. The molecule has 101 valence electrons. The van der Waals surface area contributed by atoms with Gasteiger partial charge < -0.3 is 4.90 Å². The second-order valence-corrected chi connectivity index (χ2v) is 5.51. The maximum atomic E-state index is 12.8. The van der Waals surface area contributed by atoms with E-state index in [4.69, 9.17) is 4.55 Å². The van der Waals surface area contributed by atoms with Gasteiger partial charge in [-0.05, 0) is 38.1 Å². The summed E-state index contributed by atoms with van der Waals surface area (Å²) in [6, 6.07) is 4.77. The zero-order valence-corrected chi connectivity index (χ0v) is 13.8. The summed E-state index contributed by atoms with van der Waals surface area (Å²) < 4.78 is 42.9. The zero-order chi connectivity index (χ0) is 13.9. The van der Waals surface area contributed by atoms with Crippen LogP contribution in [0.1, 0.15) is 13.8 Å². The van der Waals surface area contributed by atoms with E-state index in [0.717, 1.165) is 0 Å². The van der Waals surface area contributed by atoms with Gasteiger partial charge in [-0.2, -0.15) is 8.42 Å². The number of hydrogen-bond donors (Lipinski definition) is 1. The van der Waals surface area contributed by atoms with E-state index >= 15 is 0 Å². The Morgan fingerprint density at radius 3 is 2.16 bits per heavy atom. The quantitative estimate of drug-likeness (QED) is 0.666. The first-order valence-electron chi connectivity index (χ1n) is 5.23. The number of carbonyl (C=O) groups is 1. The third kappa shape index (κ3) is 6.01. The fraction of sp³-hybridized carbons (Fsp3) is 0.364. The monoisotopic (exact) mass is 298 g/mol. The van der Waals surface area contributed by atoms with Gasteiger partial charge in [0.2, 0.25) is 5.91 Å². The van der Waals surface area contributed by atoms with Crippen LogP contribution in [0.15, 0.2) is 24.3 Å². The van der Waals surface area contributed by atoms with E-state index in [-0.39, 0.29) is 35.6 Å². The molecule has 19 heavy (non-hydrogen) atoms. The van der Waals surface area contributed by atoms with Crippen molar-refractivity contribution < 1.29 is 22.2 Å². The van der Waals surface area contributed by atoms with E-state index in [1.54, 1.807) is 13.8 Å². The van der Waals surface area contributed by atoms with Crippen molar-refractivity contribution in [2.24, 2.45) is 0 Å². The average Bonchev–Trinajstić information content (AvgIpc) is 2.18. The normalized spacial score (nSPS) is 11.0. The maximum absolute atomic E-state index is 12.8. The third-order valence-electron chi connectivity index (χ3n) is 2.20. The summed E-state index contributed by atoms with van der Waals surface area (Å²) >= 11 is 0. The minimum atomic E-state index is -4.38. The number of hydrogen-bond acceptors (Lipinski definition) is 3. The van der Waals surface area contributed by atoms with Gasteiger partial charge in [-0.25, -0.2) is 4.39 Å². The summed E-state index contributed by atoms with van der Waals surface area (Å²) in [6.07, 6.45) is 0. The minimum absolute atomic E-state index is 0. The van der Waals surface area contributed by atoms with Gasteiger partial charge in [-0.1, -0.05) is 0 Å². The Morgan fingerprint density at radius 1 is 1.32 bits per heavy atom. The Labute approximate surface area is 133 Å². The number of nitrogens with zero attached hydrogens (tertiary/aromatic N) is 1. The van der Waals surface area contributed by atoms with Crippen LogP contribution in [0.3, 0.4) is 0 Å². The molecule has 1 amide bonds. The molecule has 8 heteroatoms. The van der Waals surface area contributed by atoms with Crippen molar-refractivity contribution in [3.05, 3.63) is 30.1 Å². The molecule has 0 fully saturated rings. The van der Waals surface area contributed by atoms with Gasteiger partial charge >= 0.3 is 0 Å². The van der Waals surface area contributed by atoms with Crippen LogP contribution < -0.4 is 4.90 Å². The molecule has 1 N–H and O–H groups in total. The predicted molar refractivity (Wildman–Crippen MR) is 71.2 cm³/mol. The average molecular weight is 298 g/mol. The number of carbonyl (C=O) groups excluding carboxylic acids is 1. The molecular formula is C11H14FNNaO4S. The number of rotatable bonds is 4. The van der Waals surface area contributed by atoms with Crippen molar-refractivity contribution in [2.45, 2.75) is 19.9 Å². The Morgan fingerprint density at radius 2 is 1.79 bits per heavy atom. The van der Waals surface area contributed by atoms with Crippen LogP contribution in [-0.4, -0.2) is 60.2 Å². The van der Waals surface area contributed by atoms with E-state index < -0.39 is 27.6 Å². The molecule has 0 bridgehead atoms. The minimum Gasteiger partial charge on any atom is -0.309 e. The van der Waals surface area contributed by atoms with Gasteiger partial charge in [-0.3, -0.25) is 9.35 Å². The molecule has 1 rings (SSSR count). The van der Waals surface area contributed by atoms with Gasteiger partial charge in [0.15, 0.2) is 5.75 Å². The molecule has 0 heterocycles. The van der Waals surface area contributed by atoms with E-state index in [9.17, 15) is 17.6 Å². The smallest absolute Gasteiger partial charge is 0.274 e. The first kappa shape index (κ1) is 18.5. The van der Waals surface area contributed by atoms with Crippen molar-refractivity contribution in [3.63, 3.8) is 0 Å². The van der Waals surface area contributed by atoms with Crippen molar-refractivity contribution in [1.82, 2.24) is 0 Å². The van der Waals surface area contributed by atoms with Crippen LogP contribution in [0.25, 0.3) is 0 Å². The van der Waals surface area contributed by atoms with Gasteiger partial charge in [0, 0.05) is 41.3 Å². The van der Waals surface area contributed by atoms with Crippen molar-refractivity contribution in [2.75, 3.05) is 10.7 Å². The largest absolute Gasteiger partial charge is 0.309 e. The van der Waals surface area contributed by atoms with Crippen molar-refractivity contribution in [3.8, 4) is 0 Å². The molecule has 0 unspecified atom stereocenters. The molecular weight excluding hydrogens is 284 g/mol. The van der Waals surface area contributed by atoms with Crippen LogP contribution in [0, 0.1) is 5.82 Å². The molecule has 1 aromatic rings. The SMILES string of the molecule is CC(C)N(C(=O)CS(=O)(=O)O)c1ccc(F)cc1.[Na]. The molecule has 0 aliphatic carbocycles. The van der Waals surface area contributed by atoms with E-state index in [0.29, 0.717) is 5.69 Å². The fourth-order valence-electron chi connectivity index (χ4n) is 1.56. The first-order chi connectivity index (χ1) is 8.20. The number of halogens is 1. The predicted octanol–water partition coefficient (Wildman–Crippen LogP) is 1.07. The van der Waals surface area contributed by atoms with Gasteiger partial charge in [-0.15, -0.1) is 0 Å². The van der Waals surface area contributed by atoms with E-state index in [1.165, 1.54) is 29.2 Å². The molecule has 0 aliphatic heterocycles. The Kier molecular flexibility index (Phi) is 7.17. The van der Waals surface area contributed by atoms with Crippen LogP contribution in [0.4, 0.5) is 10.1 Å². The number of amides is 1. The number of anilines is 1. The summed E-state index contributed by atoms with van der Waals surface area (Å²) in [5.74, 6) is -2.22. The molecule has 0 saturated heterocycles. The summed E-state index contributed by atoms with van der Waals surface area (Å²) in [6.45, 7) is 3.37. The summed E-state index contributed by atoms with van der Waals surface area (Å²) in [4.78, 5) is 13.0. The van der Waals surface area contributed by atoms with E-state index in [1.807, 2.05) is 0 Å². The summed E-state index contributed by atoms with van der Waals surface area (Å²) in [5, 5.41) is 0. The van der Waals surface area contributed by atoms with Crippen LogP contribution in [-0.2, 0) is 14.9 Å². The number of benzene rings is 1. The molecule has 0 atom stereocenters. The maximum Gasteiger partial charge on any atom is 0.274 e. The summed E-state index contributed by atoms with van der Waals surface area (Å²) in [5.41, 5.74) is 0.375. The zero-order valence-electron chi connectivity index (χ0n) is 11.0. The van der Waals surface area contributed by atoms with Gasteiger partial charge in [0.25, 0.3) is 10.1 Å². The molecule has 0 aromatic heterocycles. The van der Waals surface area contributed by atoms with Crippen LogP contribution in [0.5, 0.6) is 0 Å². The van der Waals surface area contributed by atoms with Crippen molar-refractivity contribution >= 4 is 51.3 Å². The topological polar surface area (TPSA) is 74.7 Å². The Balaban J connectivity index is 0.00000324. The van der Waals surface area contributed by atoms with Crippen molar-refractivity contribution in [1.29, 1.82) is 0 Å². The molecule has 1 radical (unpaired) electrons. The second-order valence-electron chi connectivity index (χ2n) is 4.06. The van der Waals surface area contributed by atoms with E-state index in [2.05, 4.69) is 0 Å². The standard InChI is InChI=1S/C11H14FNO4S.Na/c1-8(2)13(11(14)7-18(15,16)17)10-5-3-9(12)4-6-10;/h3-6,8H,7H2,1-2H3,(H,15,16,17);. The molecule has 5 nitrogen and oxygen atoms in total. The third-order valence-corrected chi connectivity index (χ3v) is 2.81. The molecule has 1 aromatic carbocycles. The molecule has 0 saturated carbocycles. The second kappa shape index (κ2) is 7.35. The van der Waals surface area contributed by atoms with Gasteiger partial charge in [0.1, 0.15) is 5.82 Å². The molecule has 0 spiro atoms. The Bertz CT molecular complexity index is 530. The van der Waals surface area contributed by atoms with Crippen LogP contribution >= 0.6 is 0 Å². The molecule has 0 aliphatic rings. The van der Waals surface area contributed by atoms with Crippen LogP contribution in [0.2, 0.25) is 0 Å². The van der Waals surface area contributed by atoms with Gasteiger partial charge in [0.05, 0.1) is 0 Å².